The van der Waals surface area contributed by atoms with Crippen molar-refractivity contribution < 1.29 is 9.53 Å². The number of benzene rings is 1. The molecule has 0 bridgehead atoms. The van der Waals surface area contributed by atoms with Crippen molar-refractivity contribution in [3.63, 3.8) is 0 Å². The number of hydrogen-bond acceptors (Lipinski definition) is 3. The van der Waals surface area contributed by atoms with E-state index in [-0.39, 0.29) is 5.91 Å². The number of hydrogen-bond donors (Lipinski definition) is 0. The van der Waals surface area contributed by atoms with Crippen LogP contribution in [-0.2, 0) is 0 Å². The highest BCUT2D eigenvalue weighted by Crippen LogP contribution is 2.17. The lowest BCUT2D eigenvalue weighted by molar-refractivity contribution is 0.0773. The molecular weight excluding hydrogens is 356 g/mol. The van der Waals surface area contributed by atoms with E-state index in [0.29, 0.717) is 34.1 Å². The molecule has 0 unspecified atom stereocenters. The summed E-state index contributed by atoms with van der Waals surface area (Å²) in [5.74, 6) is 0.596. The summed E-state index contributed by atoms with van der Waals surface area (Å²) in [6, 6.07) is 10.6. The molecule has 0 aliphatic carbocycles. The Morgan fingerprint density at radius 1 is 1.38 bits per heavy atom. The molecule has 1 aromatic carbocycles. The van der Waals surface area contributed by atoms with Gasteiger partial charge in [-0.1, -0.05) is 17.7 Å². The van der Waals surface area contributed by atoms with E-state index in [4.69, 9.17) is 16.3 Å². The summed E-state index contributed by atoms with van der Waals surface area (Å²) in [4.78, 5) is 17.8. The van der Waals surface area contributed by atoms with Gasteiger partial charge in [0.15, 0.2) is 0 Å². The molecule has 0 radical (unpaired) electrons. The Bertz CT molecular complexity index is 619. The predicted octanol–water partition coefficient (Wildman–Crippen LogP) is 3.65. The van der Waals surface area contributed by atoms with Crippen LogP contribution in [0.15, 0.2) is 47.2 Å². The smallest absolute Gasteiger partial charge is 0.255 e. The predicted molar refractivity (Wildman–Crippen MR) is 85.8 cm³/mol. The number of aromatic nitrogens is 1. The number of likely N-dealkylation sites (N-methyl/N-ethyl adjacent to an activating group) is 1. The van der Waals surface area contributed by atoms with Gasteiger partial charge in [-0.05, 0) is 46.3 Å². The molecule has 0 saturated carbocycles. The van der Waals surface area contributed by atoms with Crippen molar-refractivity contribution in [3.8, 4) is 5.75 Å². The van der Waals surface area contributed by atoms with Gasteiger partial charge in [-0.15, -0.1) is 0 Å². The summed E-state index contributed by atoms with van der Waals surface area (Å²) in [5.41, 5.74) is 0.545. The molecule has 0 aliphatic heterocycles. The van der Waals surface area contributed by atoms with Gasteiger partial charge in [-0.3, -0.25) is 4.79 Å². The second kappa shape index (κ2) is 7.43. The molecule has 0 saturated heterocycles. The van der Waals surface area contributed by atoms with Gasteiger partial charge in [0, 0.05) is 18.3 Å². The minimum atomic E-state index is -0.0929. The average molecular weight is 370 g/mol. The van der Waals surface area contributed by atoms with Gasteiger partial charge in [-0.2, -0.15) is 0 Å². The van der Waals surface area contributed by atoms with E-state index < -0.39 is 0 Å². The molecule has 110 valence electrons. The zero-order chi connectivity index (χ0) is 15.2. The Morgan fingerprint density at radius 3 is 2.86 bits per heavy atom. The van der Waals surface area contributed by atoms with Crippen molar-refractivity contribution in [3.05, 3.63) is 57.8 Å². The van der Waals surface area contributed by atoms with Crippen LogP contribution in [0.4, 0.5) is 0 Å². The second-order valence-corrected chi connectivity index (χ2v) is 5.65. The third kappa shape index (κ3) is 4.72. The molecule has 6 heteroatoms. The minimum absolute atomic E-state index is 0.0929. The Balaban J connectivity index is 1.85. The van der Waals surface area contributed by atoms with Gasteiger partial charge in [0.25, 0.3) is 5.91 Å². The molecule has 21 heavy (non-hydrogen) atoms. The minimum Gasteiger partial charge on any atom is -0.492 e. The second-order valence-electron chi connectivity index (χ2n) is 4.40. The summed E-state index contributed by atoms with van der Waals surface area (Å²) < 4.78 is 6.26. The quantitative estimate of drug-likeness (QED) is 0.756. The summed E-state index contributed by atoms with van der Waals surface area (Å²) >= 11 is 9.11. The highest BCUT2D eigenvalue weighted by molar-refractivity contribution is 9.10. The molecule has 1 aromatic heterocycles. The molecule has 0 aliphatic rings. The number of pyridine rings is 1. The standard InChI is InChI=1S/C15H14BrClN2O2/c1-19(15(20)11-5-6-14(16)18-10-11)7-8-21-13-4-2-3-12(17)9-13/h2-6,9-10H,7-8H2,1H3. The van der Waals surface area contributed by atoms with Gasteiger partial charge < -0.3 is 9.64 Å². The number of nitrogens with zero attached hydrogens (tertiary/aromatic N) is 2. The van der Waals surface area contributed by atoms with Gasteiger partial charge in [-0.25, -0.2) is 4.98 Å². The molecular formula is C15H14BrClN2O2. The van der Waals surface area contributed by atoms with Crippen LogP contribution in [0, 0.1) is 0 Å². The van der Waals surface area contributed by atoms with E-state index in [1.54, 1.807) is 42.4 Å². The number of ether oxygens (including phenoxy) is 1. The lowest BCUT2D eigenvalue weighted by Crippen LogP contribution is -2.30. The van der Waals surface area contributed by atoms with Crippen LogP contribution in [0.25, 0.3) is 0 Å². The topological polar surface area (TPSA) is 42.4 Å². The largest absolute Gasteiger partial charge is 0.492 e. The Labute approximate surface area is 136 Å². The maximum atomic E-state index is 12.1. The number of rotatable bonds is 5. The van der Waals surface area contributed by atoms with Gasteiger partial charge in [0.1, 0.15) is 17.0 Å². The van der Waals surface area contributed by atoms with Crippen molar-refractivity contribution in [2.24, 2.45) is 0 Å². The maximum Gasteiger partial charge on any atom is 0.255 e. The fraction of sp³-hybridized carbons (Fsp3) is 0.200. The maximum absolute atomic E-state index is 12.1. The fourth-order valence-corrected chi connectivity index (χ4v) is 2.10. The first-order valence-corrected chi connectivity index (χ1v) is 7.49. The summed E-state index contributed by atoms with van der Waals surface area (Å²) in [6.07, 6.45) is 1.54. The molecule has 1 heterocycles. The molecule has 0 N–H and O–H groups in total. The normalized spacial score (nSPS) is 10.2. The summed E-state index contributed by atoms with van der Waals surface area (Å²) in [5, 5.41) is 0.623. The van der Waals surface area contributed by atoms with Crippen molar-refractivity contribution in [2.45, 2.75) is 0 Å². The van der Waals surface area contributed by atoms with Crippen LogP contribution in [0.2, 0.25) is 5.02 Å². The lowest BCUT2D eigenvalue weighted by atomic mass is 10.2. The lowest BCUT2D eigenvalue weighted by Gasteiger charge is -2.17. The first-order chi connectivity index (χ1) is 10.1. The molecule has 0 atom stereocenters. The van der Waals surface area contributed by atoms with Crippen LogP contribution in [0.3, 0.4) is 0 Å². The molecule has 1 amide bonds. The summed E-state index contributed by atoms with van der Waals surface area (Å²) in [7, 11) is 1.73. The first kappa shape index (κ1) is 15.8. The van der Waals surface area contributed by atoms with Crippen molar-refractivity contribution in [1.82, 2.24) is 9.88 Å². The van der Waals surface area contributed by atoms with E-state index in [9.17, 15) is 4.79 Å². The van der Waals surface area contributed by atoms with Crippen LogP contribution in [0.1, 0.15) is 10.4 Å². The Morgan fingerprint density at radius 2 is 2.19 bits per heavy atom. The van der Waals surface area contributed by atoms with Gasteiger partial charge in [0.05, 0.1) is 12.1 Å². The first-order valence-electron chi connectivity index (χ1n) is 6.31. The Hall–Kier alpha value is -1.59. The third-order valence-electron chi connectivity index (χ3n) is 2.81. The SMILES string of the molecule is CN(CCOc1cccc(Cl)c1)C(=O)c1ccc(Br)nc1. The number of carbonyl (C=O) groups is 1. The van der Waals surface area contributed by atoms with E-state index in [2.05, 4.69) is 20.9 Å². The zero-order valence-corrected chi connectivity index (χ0v) is 13.8. The van der Waals surface area contributed by atoms with Crippen LogP contribution in [-0.4, -0.2) is 36.0 Å². The highest BCUT2D eigenvalue weighted by atomic mass is 79.9. The summed E-state index contributed by atoms with van der Waals surface area (Å²) in [6.45, 7) is 0.869. The van der Waals surface area contributed by atoms with Gasteiger partial charge >= 0.3 is 0 Å². The Kier molecular flexibility index (Phi) is 5.59. The van der Waals surface area contributed by atoms with Crippen molar-refractivity contribution in [1.29, 1.82) is 0 Å². The number of carbonyl (C=O) groups excluding carboxylic acids is 1. The highest BCUT2D eigenvalue weighted by Gasteiger charge is 2.11. The number of halogens is 2. The molecule has 0 spiro atoms. The molecule has 2 aromatic rings. The van der Waals surface area contributed by atoms with E-state index in [1.807, 2.05) is 12.1 Å². The van der Waals surface area contributed by atoms with Crippen molar-refractivity contribution in [2.75, 3.05) is 20.2 Å². The molecule has 0 fully saturated rings. The van der Waals surface area contributed by atoms with Crippen molar-refractivity contribution >= 4 is 33.4 Å². The van der Waals surface area contributed by atoms with Crippen LogP contribution in [0.5, 0.6) is 5.75 Å². The van der Waals surface area contributed by atoms with Gasteiger partial charge in [0.2, 0.25) is 0 Å². The number of amides is 1. The third-order valence-corrected chi connectivity index (χ3v) is 3.52. The molecule has 2 rings (SSSR count). The van der Waals surface area contributed by atoms with E-state index in [1.165, 1.54) is 0 Å². The fourth-order valence-electron chi connectivity index (χ4n) is 1.68. The van der Waals surface area contributed by atoms with Crippen LogP contribution < -0.4 is 4.74 Å². The molecule has 4 nitrogen and oxygen atoms in total. The average Bonchev–Trinajstić information content (AvgIpc) is 2.47. The monoisotopic (exact) mass is 368 g/mol. The van der Waals surface area contributed by atoms with E-state index >= 15 is 0 Å². The van der Waals surface area contributed by atoms with Crippen LogP contribution >= 0.6 is 27.5 Å². The van der Waals surface area contributed by atoms with E-state index in [0.717, 1.165) is 0 Å². The zero-order valence-electron chi connectivity index (χ0n) is 11.4.